The molecule has 2 aliphatic carbocycles. The lowest BCUT2D eigenvalue weighted by Crippen LogP contribution is -2.55. The van der Waals surface area contributed by atoms with Crippen LogP contribution in [0.5, 0.6) is 0 Å². The number of esters is 3. The number of ether oxygens (including phenoxy) is 3. The van der Waals surface area contributed by atoms with Crippen LogP contribution >= 0.6 is 0 Å². The van der Waals surface area contributed by atoms with Gasteiger partial charge in [0.15, 0.2) is 6.10 Å². The third-order valence-electron chi connectivity index (χ3n) is 9.89. The van der Waals surface area contributed by atoms with Gasteiger partial charge in [0.1, 0.15) is 13.2 Å². The second-order valence-electron chi connectivity index (χ2n) is 12.5. The maximum atomic E-state index is 13.1. The molecular weight excluding hydrogens is 530 g/mol. The molecule has 3 aliphatic rings. The molecule has 218 valence electrons. The normalized spacial score (nSPS) is 29.6. The number of aromatic amines is 1. The highest BCUT2D eigenvalue weighted by Gasteiger charge is 2.58. The maximum Gasteiger partial charge on any atom is 0.338 e. The Bertz CT molecular complexity index is 1600. The van der Waals surface area contributed by atoms with E-state index in [1.807, 2.05) is 30.3 Å². The summed E-state index contributed by atoms with van der Waals surface area (Å²) in [7, 11) is 0. The first-order valence-corrected chi connectivity index (χ1v) is 14.7. The van der Waals surface area contributed by atoms with Gasteiger partial charge in [-0.15, -0.1) is 0 Å². The summed E-state index contributed by atoms with van der Waals surface area (Å²) in [5.41, 5.74) is 4.80. The molecule has 0 unspecified atom stereocenters. The third kappa shape index (κ3) is 4.65. The summed E-state index contributed by atoms with van der Waals surface area (Å²) in [6.07, 6.45) is 4.35. The maximum absolute atomic E-state index is 13.1. The molecule has 1 aliphatic heterocycles. The molecule has 7 nitrogen and oxygen atoms in total. The predicted octanol–water partition coefficient (Wildman–Crippen LogP) is 6.23. The molecule has 5 atom stereocenters. The predicted molar refractivity (Wildman–Crippen MR) is 159 cm³/mol. The van der Waals surface area contributed by atoms with Crippen LogP contribution in [0.25, 0.3) is 10.9 Å². The molecule has 0 bridgehead atoms. The van der Waals surface area contributed by atoms with Crippen LogP contribution in [0.3, 0.4) is 0 Å². The van der Waals surface area contributed by atoms with Crippen molar-refractivity contribution in [2.75, 3.05) is 13.2 Å². The van der Waals surface area contributed by atoms with E-state index >= 15 is 0 Å². The van der Waals surface area contributed by atoms with E-state index in [4.69, 9.17) is 14.2 Å². The molecule has 6 rings (SSSR count). The van der Waals surface area contributed by atoms with Gasteiger partial charge in [-0.1, -0.05) is 68.5 Å². The number of para-hydroxylation sites is 1. The van der Waals surface area contributed by atoms with Gasteiger partial charge in [0.05, 0.1) is 11.1 Å². The largest absolute Gasteiger partial charge is 0.461 e. The lowest BCUT2D eigenvalue weighted by Gasteiger charge is -2.58. The van der Waals surface area contributed by atoms with Crippen molar-refractivity contribution in [1.82, 2.24) is 4.98 Å². The van der Waals surface area contributed by atoms with Crippen molar-refractivity contribution in [3.63, 3.8) is 0 Å². The minimum absolute atomic E-state index is 0.0410. The van der Waals surface area contributed by atoms with Crippen LogP contribution < -0.4 is 0 Å². The molecule has 42 heavy (non-hydrogen) atoms. The molecule has 2 fully saturated rings. The minimum Gasteiger partial charge on any atom is -0.461 e. The Morgan fingerprint density at radius 3 is 2.62 bits per heavy atom. The fourth-order valence-corrected chi connectivity index (χ4v) is 7.96. The van der Waals surface area contributed by atoms with Gasteiger partial charge in [0.25, 0.3) is 0 Å². The molecular formula is C35H37NO6. The van der Waals surface area contributed by atoms with Gasteiger partial charge in [-0.3, -0.25) is 4.79 Å². The van der Waals surface area contributed by atoms with Crippen LogP contribution in [0.15, 0.2) is 78.4 Å². The van der Waals surface area contributed by atoms with Crippen LogP contribution in [0.4, 0.5) is 0 Å². The lowest BCUT2D eigenvalue weighted by molar-refractivity contribution is -0.145. The highest BCUT2D eigenvalue weighted by Crippen LogP contribution is 2.61. The molecule has 3 aromatic rings. The fraction of sp³-hybridized carbons (Fsp3) is 0.400. The topological polar surface area (TPSA) is 94.7 Å². The highest BCUT2D eigenvalue weighted by molar-refractivity contribution is 5.92. The van der Waals surface area contributed by atoms with Crippen LogP contribution in [0.2, 0.25) is 0 Å². The quantitative estimate of drug-likeness (QED) is 0.164. The zero-order valence-electron chi connectivity index (χ0n) is 24.4. The van der Waals surface area contributed by atoms with Crippen LogP contribution in [0.1, 0.15) is 61.6 Å². The Morgan fingerprint density at radius 1 is 1.12 bits per heavy atom. The number of carbonyl (C=O) groups excluding carboxylic acids is 3. The Morgan fingerprint density at radius 2 is 1.86 bits per heavy atom. The van der Waals surface area contributed by atoms with Crippen LogP contribution in [-0.2, 0) is 35.6 Å². The first kappa shape index (κ1) is 28.0. The van der Waals surface area contributed by atoms with Crippen molar-refractivity contribution < 1.29 is 28.6 Å². The molecule has 7 heteroatoms. The molecule has 0 amide bonds. The number of H-pyrrole nitrogens is 1. The monoisotopic (exact) mass is 567 g/mol. The summed E-state index contributed by atoms with van der Waals surface area (Å²) in [6, 6.07) is 17.4. The van der Waals surface area contributed by atoms with E-state index in [0.29, 0.717) is 17.6 Å². The molecule has 0 radical (unpaired) electrons. The molecule has 2 heterocycles. The highest BCUT2D eigenvalue weighted by atomic mass is 16.6. The number of hydrogen-bond donors (Lipinski definition) is 1. The average molecular weight is 568 g/mol. The summed E-state index contributed by atoms with van der Waals surface area (Å²) in [5, 5.41) is 1.18. The van der Waals surface area contributed by atoms with Crippen molar-refractivity contribution in [1.29, 1.82) is 0 Å². The summed E-state index contributed by atoms with van der Waals surface area (Å²) >= 11 is 0. The Kier molecular flexibility index (Phi) is 7.08. The number of benzene rings is 2. The van der Waals surface area contributed by atoms with Gasteiger partial charge in [0.2, 0.25) is 0 Å². The number of carbonyl (C=O) groups is 3. The Hall–Kier alpha value is -4.13. The van der Waals surface area contributed by atoms with E-state index in [-0.39, 0.29) is 36.4 Å². The van der Waals surface area contributed by atoms with Crippen LogP contribution in [0, 0.1) is 17.3 Å². The lowest BCUT2D eigenvalue weighted by atomic mass is 9.46. The minimum atomic E-state index is -0.690. The van der Waals surface area contributed by atoms with E-state index in [9.17, 15) is 14.4 Å². The van der Waals surface area contributed by atoms with Crippen molar-refractivity contribution in [3.8, 4) is 0 Å². The first-order chi connectivity index (χ1) is 20.1. The van der Waals surface area contributed by atoms with Gasteiger partial charge in [0, 0.05) is 28.9 Å². The number of hydrogen-bond acceptors (Lipinski definition) is 6. The summed E-state index contributed by atoms with van der Waals surface area (Å²) < 4.78 is 16.7. The number of rotatable bonds is 6. The molecule has 1 saturated heterocycles. The van der Waals surface area contributed by atoms with Crippen molar-refractivity contribution in [2.24, 2.45) is 17.3 Å². The average Bonchev–Trinajstić information content (AvgIpc) is 3.51. The SMILES string of the molecule is C=C1CC[C@H]2[C@@](C)(Cc3c([nH]c4ccccc34)[C@@]2(C)COC(=O)c2ccccc2)[C@@H]1C/C=C1/C(=O)OC[C@H]1OC(C)=O. The van der Waals surface area contributed by atoms with Gasteiger partial charge < -0.3 is 19.2 Å². The van der Waals surface area contributed by atoms with Crippen molar-refractivity contribution >= 4 is 28.8 Å². The van der Waals surface area contributed by atoms with E-state index in [0.717, 1.165) is 36.0 Å². The van der Waals surface area contributed by atoms with Crippen LogP contribution in [-0.4, -0.2) is 42.2 Å². The Labute approximate surface area is 245 Å². The van der Waals surface area contributed by atoms with Crippen molar-refractivity contribution in [2.45, 2.75) is 58.0 Å². The van der Waals surface area contributed by atoms with E-state index in [1.54, 1.807) is 12.1 Å². The second kappa shape index (κ2) is 10.6. The summed E-state index contributed by atoms with van der Waals surface area (Å²) in [6.45, 7) is 10.7. The first-order valence-electron chi connectivity index (χ1n) is 14.7. The summed E-state index contributed by atoms with van der Waals surface area (Å²) in [5.74, 6) is -0.994. The van der Waals surface area contributed by atoms with Gasteiger partial charge in [-0.05, 0) is 66.7 Å². The molecule has 1 N–H and O–H groups in total. The standard InChI is InChI=1S/C35H37NO6/c1-21-14-17-30-34(3,27(21)16-15-25-29(42-22(2)37)19-40-33(25)39)18-26-24-12-8-9-13-28(24)36-31(26)35(30,4)20-41-32(38)23-10-6-5-7-11-23/h5-13,15,27,29-30,36H,1,14,16-20H2,2-4H3/b25-15+/t27-,29-,30+,34+,35+/m1/s1. The smallest absolute Gasteiger partial charge is 0.338 e. The molecule has 1 saturated carbocycles. The van der Waals surface area contributed by atoms with E-state index in [1.165, 1.54) is 17.9 Å². The zero-order chi connectivity index (χ0) is 29.6. The van der Waals surface area contributed by atoms with Crippen molar-refractivity contribution in [3.05, 3.63) is 95.2 Å². The Balaban J connectivity index is 1.39. The second-order valence-corrected chi connectivity index (χ2v) is 12.5. The number of cyclic esters (lactones) is 1. The molecule has 1 aromatic heterocycles. The van der Waals surface area contributed by atoms with E-state index < -0.39 is 23.5 Å². The number of allylic oxidation sites excluding steroid dienone is 2. The zero-order valence-corrected chi connectivity index (χ0v) is 24.4. The van der Waals surface area contributed by atoms with E-state index in [2.05, 4.69) is 43.6 Å². The molecule has 0 spiro atoms. The number of fused-ring (bicyclic) bond motifs is 4. The molecule has 2 aromatic carbocycles. The van der Waals surface area contributed by atoms with Gasteiger partial charge >= 0.3 is 17.9 Å². The summed E-state index contributed by atoms with van der Waals surface area (Å²) in [4.78, 5) is 41.1. The fourth-order valence-electron chi connectivity index (χ4n) is 7.96. The van der Waals surface area contributed by atoms with Gasteiger partial charge in [-0.25, -0.2) is 9.59 Å². The number of nitrogens with one attached hydrogen (secondary N) is 1. The van der Waals surface area contributed by atoms with Gasteiger partial charge in [-0.2, -0.15) is 0 Å². The number of aromatic nitrogens is 1. The third-order valence-corrected chi connectivity index (χ3v) is 9.89.